The molecule has 1 N–H and O–H groups in total. The number of carbonyl (C=O) groups excluding carboxylic acids is 2. The zero-order valence-corrected chi connectivity index (χ0v) is 14.6. The molecule has 22 heavy (non-hydrogen) atoms. The van der Waals surface area contributed by atoms with Gasteiger partial charge in [0.05, 0.1) is 0 Å². The first-order valence-corrected chi connectivity index (χ1v) is 8.20. The molecule has 3 heterocycles. The quantitative estimate of drug-likeness (QED) is 0.833. The molecule has 5 nitrogen and oxygen atoms in total. The Kier molecular flexibility index (Phi) is 5.07. The van der Waals surface area contributed by atoms with Crippen LogP contribution in [0.3, 0.4) is 0 Å². The van der Waals surface area contributed by atoms with Crippen LogP contribution < -0.4 is 5.32 Å². The molecule has 2 atom stereocenters. The molecule has 0 spiro atoms. The lowest BCUT2D eigenvalue weighted by Crippen LogP contribution is -2.63. The Balaban J connectivity index is 0.00000176. The predicted molar refractivity (Wildman–Crippen MR) is 88.0 cm³/mol. The Morgan fingerprint density at radius 2 is 1.82 bits per heavy atom. The molecular formula is C16H28ClN3O2. The second-order valence-corrected chi connectivity index (χ2v) is 7.51. The van der Waals surface area contributed by atoms with Gasteiger partial charge in [-0.1, -0.05) is 0 Å². The highest BCUT2D eigenvalue weighted by molar-refractivity contribution is 5.91. The van der Waals surface area contributed by atoms with E-state index in [1.807, 2.05) is 20.9 Å². The summed E-state index contributed by atoms with van der Waals surface area (Å²) in [6.45, 7) is 5.04. The summed E-state index contributed by atoms with van der Waals surface area (Å²) in [6, 6.07) is 1.23. The lowest BCUT2D eigenvalue weighted by molar-refractivity contribution is -0.157. The van der Waals surface area contributed by atoms with Crippen LogP contribution in [0, 0.1) is 5.92 Å². The number of likely N-dealkylation sites (N-methyl/N-ethyl adjacent to an activating group) is 1. The first kappa shape index (κ1) is 17.5. The fourth-order valence-corrected chi connectivity index (χ4v) is 4.35. The monoisotopic (exact) mass is 329 g/mol. The number of fused-ring (bicyclic) bond motifs is 2. The third-order valence-corrected chi connectivity index (χ3v) is 5.54. The summed E-state index contributed by atoms with van der Waals surface area (Å²) < 4.78 is 0. The van der Waals surface area contributed by atoms with E-state index in [2.05, 4.69) is 5.32 Å². The van der Waals surface area contributed by atoms with Crippen molar-refractivity contribution in [3.8, 4) is 0 Å². The fourth-order valence-electron chi connectivity index (χ4n) is 4.35. The van der Waals surface area contributed by atoms with Gasteiger partial charge in [0.2, 0.25) is 11.8 Å². The highest BCUT2D eigenvalue weighted by Crippen LogP contribution is 2.34. The SMILES string of the molecule is CN1CCN(C(=O)CC2CC3CCC(C2)N3)C(C)(C)C1=O.Cl. The van der Waals surface area contributed by atoms with E-state index in [1.165, 1.54) is 12.8 Å². The summed E-state index contributed by atoms with van der Waals surface area (Å²) in [5.41, 5.74) is -0.698. The van der Waals surface area contributed by atoms with E-state index in [4.69, 9.17) is 0 Å². The number of amides is 2. The van der Waals surface area contributed by atoms with E-state index in [1.54, 1.807) is 9.80 Å². The van der Waals surface area contributed by atoms with Crippen LogP contribution in [0.25, 0.3) is 0 Å². The Hall–Kier alpha value is -0.810. The molecule has 2 amide bonds. The number of carbonyl (C=O) groups is 2. The van der Waals surface area contributed by atoms with Crippen molar-refractivity contribution in [2.24, 2.45) is 5.92 Å². The third-order valence-electron chi connectivity index (χ3n) is 5.54. The fraction of sp³-hybridized carbons (Fsp3) is 0.875. The molecular weight excluding hydrogens is 302 g/mol. The normalized spacial score (nSPS) is 33.6. The number of rotatable bonds is 2. The van der Waals surface area contributed by atoms with Crippen molar-refractivity contribution in [2.45, 2.75) is 63.6 Å². The molecule has 3 saturated heterocycles. The highest BCUT2D eigenvalue weighted by atomic mass is 35.5. The zero-order chi connectivity index (χ0) is 15.2. The van der Waals surface area contributed by atoms with Crippen LogP contribution in [0.2, 0.25) is 0 Å². The average molecular weight is 330 g/mol. The number of nitrogens with one attached hydrogen (secondary N) is 1. The lowest BCUT2D eigenvalue weighted by Gasteiger charge is -2.45. The van der Waals surface area contributed by atoms with E-state index >= 15 is 0 Å². The Morgan fingerprint density at radius 3 is 2.41 bits per heavy atom. The number of piperidine rings is 1. The molecule has 2 bridgehead atoms. The summed E-state index contributed by atoms with van der Waals surface area (Å²) in [4.78, 5) is 28.5. The second-order valence-electron chi connectivity index (χ2n) is 7.51. The van der Waals surface area contributed by atoms with Crippen LogP contribution in [0.15, 0.2) is 0 Å². The smallest absolute Gasteiger partial charge is 0.247 e. The standard InChI is InChI=1S/C16H27N3O2.ClH/c1-16(2)15(21)18(3)6-7-19(16)14(20)10-11-8-12-4-5-13(9-11)17-12;/h11-13,17H,4-10H2,1-3H3;1H. The van der Waals surface area contributed by atoms with Gasteiger partial charge in [0.1, 0.15) is 5.54 Å². The number of halogens is 1. The minimum Gasteiger partial charge on any atom is -0.342 e. The van der Waals surface area contributed by atoms with Gasteiger partial charge in [-0.05, 0) is 45.4 Å². The van der Waals surface area contributed by atoms with Crippen molar-refractivity contribution < 1.29 is 9.59 Å². The second kappa shape index (κ2) is 6.36. The molecule has 0 aliphatic carbocycles. The van der Waals surface area contributed by atoms with Crippen molar-refractivity contribution in [2.75, 3.05) is 20.1 Å². The molecule has 2 unspecified atom stereocenters. The van der Waals surface area contributed by atoms with Gasteiger partial charge in [-0.2, -0.15) is 0 Å². The highest BCUT2D eigenvalue weighted by Gasteiger charge is 2.44. The summed E-state index contributed by atoms with van der Waals surface area (Å²) in [5, 5.41) is 3.62. The summed E-state index contributed by atoms with van der Waals surface area (Å²) in [5.74, 6) is 0.696. The molecule has 6 heteroatoms. The molecule has 3 rings (SSSR count). The molecule has 0 saturated carbocycles. The number of piperazine rings is 1. The van der Waals surface area contributed by atoms with Crippen molar-refractivity contribution in [3.05, 3.63) is 0 Å². The minimum absolute atomic E-state index is 0. The third kappa shape index (κ3) is 3.11. The van der Waals surface area contributed by atoms with Gasteiger partial charge in [0, 0.05) is 38.6 Å². The van der Waals surface area contributed by atoms with Crippen LogP contribution in [-0.2, 0) is 9.59 Å². The number of nitrogens with zero attached hydrogens (tertiary/aromatic N) is 2. The molecule has 3 aliphatic heterocycles. The van der Waals surface area contributed by atoms with Crippen LogP contribution in [0.5, 0.6) is 0 Å². The number of hydrogen-bond acceptors (Lipinski definition) is 3. The maximum absolute atomic E-state index is 12.7. The maximum atomic E-state index is 12.7. The first-order chi connectivity index (χ1) is 9.88. The topological polar surface area (TPSA) is 52.6 Å². The van der Waals surface area contributed by atoms with E-state index in [0.717, 1.165) is 12.8 Å². The van der Waals surface area contributed by atoms with Crippen molar-refractivity contribution in [1.82, 2.24) is 15.1 Å². The van der Waals surface area contributed by atoms with E-state index in [-0.39, 0.29) is 24.2 Å². The molecule has 0 aromatic rings. The van der Waals surface area contributed by atoms with Gasteiger partial charge < -0.3 is 15.1 Å². The van der Waals surface area contributed by atoms with Gasteiger partial charge in [0.15, 0.2) is 0 Å². The lowest BCUT2D eigenvalue weighted by atomic mass is 9.88. The molecule has 0 radical (unpaired) electrons. The molecule has 0 aromatic heterocycles. The molecule has 126 valence electrons. The Morgan fingerprint density at radius 1 is 1.23 bits per heavy atom. The van der Waals surface area contributed by atoms with Crippen LogP contribution in [0.4, 0.5) is 0 Å². The molecule has 0 aromatic carbocycles. The zero-order valence-electron chi connectivity index (χ0n) is 13.8. The summed E-state index contributed by atoms with van der Waals surface area (Å²) in [7, 11) is 1.82. The van der Waals surface area contributed by atoms with Crippen molar-refractivity contribution in [3.63, 3.8) is 0 Å². The van der Waals surface area contributed by atoms with Crippen LogP contribution in [-0.4, -0.2) is 59.4 Å². The summed E-state index contributed by atoms with van der Waals surface area (Å²) >= 11 is 0. The summed E-state index contributed by atoms with van der Waals surface area (Å²) in [6.07, 6.45) is 5.35. The largest absolute Gasteiger partial charge is 0.342 e. The Bertz CT molecular complexity index is 443. The van der Waals surface area contributed by atoms with Gasteiger partial charge in [-0.3, -0.25) is 9.59 Å². The van der Waals surface area contributed by atoms with Crippen molar-refractivity contribution >= 4 is 24.2 Å². The van der Waals surface area contributed by atoms with E-state index in [9.17, 15) is 9.59 Å². The minimum atomic E-state index is -0.698. The van der Waals surface area contributed by atoms with Crippen molar-refractivity contribution in [1.29, 1.82) is 0 Å². The molecule has 3 fully saturated rings. The first-order valence-electron chi connectivity index (χ1n) is 8.20. The Labute approximate surface area is 139 Å². The van der Waals surface area contributed by atoms with E-state index in [0.29, 0.717) is 37.5 Å². The van der Waals surface area contributed by atoms with Gasteiger partial charge in [-0.25, -0.2) is 0 Å². The average Bonchev–Trinajstić information content (AvgIpc) is 2.75. The maximum Gasteiger partial charge on any atom is 0.247 e. The van der Waals surface area contributed by atoms with Gasteiger partial charge >= 0.3 is 0 Å². The molecule has 3 aliphatic rings. The van der Waals surface area contributed by atoms with Crippen LogP contribution in [0.1, 0.15) is 46.0 Å². The van der Waals surface area contributed by atoms with Gasteiger partial charge in [-0.15, -0.1) is 12.4 Å². The van der Waals surface area contributed by atoms with Gasteiger partial charge in [0.25, 0.3) is 0 Å². The van der Waals surface area contributed by atoms with E-state index < -0.39 is 5.54 Å². The van der Waals surface area contributed by atoms with Crippen LogP contribution >= 0.6 is 12.4 Å². The predicted octanol–water partition coefficient (Wildman–Crippen LogP) is 1.41. The number of hydrogen-bond donors (Lipinski definition) is 1.